The van der Waals surface area contributed by atoms with Gasteiger partial charge in [0.2, 0.25) is 0 Å². The highest BCUT2D eigenvalue weighted by Gasteiger charge is 2.09. The molecule has 0 saturated heterocycles. The highest BCUT2D eigenvalue weighted by Crippen LogP contribution is 2.25. The highest BCUT2D eigenvalue weighted by atomic mass is 16.5. The summed E-state index contributed by atoms with van der Waals surface area (Å²) in [5.41, 5.74) is 1.06. The highest BCUT2D eigenvalue weighted by molar-refractivity contribution is 5.40. The molecule has 0 aromatic heterocycles. The second-order valence-electron chi connectivity index (χ2n) is 4.53. The number of ether oxygens (including phenoxy) is 4. The summed E-state index contributed by atoms with van der Waals surface area (Å²) in [6.45, 7) is 4.72. The molecule has 1 atom stereocenters. The van der Waals surface area contributed by atoms with Gasteiger partial charge in [0.15, 0.2) is 0 Å². The van der Waals surface area contributed by atoms with Crippen molar-refractivity contribution in [3.05, 3.63) is 23.8 Å². The molecular formula is C15H25NO4. The first-order valence-electron chi connectivity index (χ1n) is 6.73. The van der Waals surface area contributed by atoms with Gasteiger partial charge in [-0.1, -0.05) is 0 Å². The third-order valence-corrected chi connectivity index (χ3v) is 2.80. The summed E-state index contributed by atoms with van der Waals surface area (Å²) in [5, 5.41) is 3.31. The maximum Gasteiger partial charge on any atom is 0.124 e. The third kappa shape index (κ3) is 5.77. The van der Waals surface area contributed by atoms with Crippen molar-refractivity contribution in [2.45, 2.75) is 19.6 Å². The number of rotatable bonds is 10. The fourth-order valence-electron chi connectivity index (χ4n) is 1.82. The molecule has 1 aromatic rings. The summed E-state index contributed by atoms with van der Waals surface area (Å²) in [4.78, 5) is 0. The number of methoxy groups -OCH3 is 3. The molecular weight excluding hydrogens is 258 g/mol. The molecule has 0 aliphatic rings. The zero-order valence-corrected chi connectivity index (χ0v) is 12.8. The Bertz CT molecular complexity index is 384. The van der Waals surface area contributed by atoms with E-state index in [0.29, 0.717) is 19.8 Å². The SMILES string of the molecule is COCCNCc1cc(OC)ccc1OC(C)COC. The Kier molecular flexibility index (Phi) is 8.02. The Morgan fingerprint density at radius 2 is 1.95 bits per heavy atom. The monoisotopic (exact) mass is 283 g/mol. The van der Waals surface area contributed by atoms with Crippen LogP contribution in [0.1, 0.15) is 12.5 Å². The Hall–Kier alpha value is -1.30. The van der Waals surface area contributed by atoms with E-state index in [2.05, 4.69) is 5.32 Å². The summed E-state index contributed by atoms with van der Waals surface area (Å²) in [7, 11) is 5.01. The first-order valence-corrected chi connectivity index (χ1v) is 6.73. The van der Waals surface area contributed by atoms with E-state index >= 15 is 0 Å². The number of nitrogens with one attached hydrogen (secondary N) is 1. The van der Waals surface area contributed by atoms with Crippen molar-refractivity contribution >= 4 is 0 Å². The van der Waals surface area contributed by atoms with E-state index in [1.165, 1.54) is 0 Å². The van der Waals surface area contributed by atoms with E-state index in [1.54, 1.807) is 21.3 Å². The lowest BCUT2D eigenvalue weighted by Gasteiger charge is -2.18. The van der Waals surface area contributed by atoms with E-state index in [9.17, 15) is 0 Å². The predicted molar refractivity (Wildman–Crippen MR) is 78.5 cm³/mol. The third-order valence-electron chi connectivity index (χ3n) is 2.80. The topological polar surface area (TPSA) is 49.0 Å². The van der Waals surface area contributed by atoms with Gasteiger partial charge in [0.05, 0.1) is 20.3 Å². The smallest absolute Gasteiger partial charge is 0.124 e. The van der Waals surface area contributed by atoms with E-state index in [4.69, 9.17) is 18.9 Å². The van der Waals surface area contributed by atoms with Gasteiger partial charge in [0, 0.05) is 32.9 Å². The molecule has 0 amide bonds. The molecule has 0 spiro atoms. The predicted octanol–water partition coefficient (Wildman–Crippen LogP) is 1.84. The van der Waals surface area contributed by atoms with Gasteiger partial charge >= 0.3 is 0 Å². The molecule has 0 aliphatic carbocycles. The first kappa shape index (κ1) is 16.8. The molecule has 0 aliphatic heterocycles. The van der Waals surface area contributed by atoms with Crippen LogP contribution < -0.4 is 14.8 Å². The first-order chi connectivity index (χ1) is 9.71. The van der Waals surface area contributed by atoms with Crippen LogP contribution in [0.3, 0.4) is 0 Å². The zero-order chi connectivity index (χ0) is 14.8. The van der Waals surface area contributed by atoms with Crippen molar-refractivity contribution in [1.82, 2.24) is 5.32 Å². The van der Waals surface area contributed by atoms with E-state index in [1.807, 2.05) is 25.1 Å². The average Bonchev–Trinajstić information content (AvgIpc) is 2.45. The maximum atomic E-state index is 5.89. The molecule has 1 N–H and O–H groups in total. The molecule has 0 bridgehead atoms. The molecule has 1 unspecified atom stereocenters. The minimum Gasteiger partial charge on any atom is -0.497 e. The zero-order valence-electron chi connectivity index (χ0n) is 12.8. The largest absolute Gasteiger partial charge is 0.497 e. The summed E-state index contributed by atoms with van der Waals surface area (Å²) in [5.74, 6) is 1.67. The molecule has 5 heteroatoms. The van der Waals surface area contributed by atoms with Gasteiger partial charge in [-0.15, -0.1) is 0 Å². The van der Waals surface area contributed by atoms with Crippen molar-refractivity contribution in [3.8, 4) is 11.5 Å². The van der Waals surface area contributed by atoms with Crippen LogP contribution in [0.15, 0.2) is 18.2 Å². The molecule has 20 heavy (non-hydrogen) atoms. The standard InChI is InChI=1S/C15H25NO4/c1-12(11-18-3)20-15-6-5-14(19-4)9-13(15)10-16-7-8-17-2/h5-6,9,12,16H,7-8,10-11H2,1-4H3. The molecule has 1 aromatic carbocycles. The Balaban J connectivity index is 2.70. The summed E-state index contributed by atoms with van der Waals surface area (Å²) >= 11 is 0. The average molecular weight is 283 g/mol. The van der Waals surface area contributed by atoms with Crippen molar-refractivity contribution < 1.29 is 18.9 Å². The van der Waals surface area contributed by atoms with Crippen LogP contribution in [0.25, 0.3) is 0 Å². The minimum absolute atomic E-state index is 0.00567. The fourth-order valence-corrected chi connectivity index (χ4v) is 1.82. The van der Waals surface area contributed by atoms with Crippen LogP contribution in [0.2, 0.25) is 0 Å². The molecule has 114 valence electrons. The molecule has 0 radical (unpaired) electrons. The van der Waals surface area contributed by atoms with Crippen LogP contribution in [0.5, 0.6) is 11.5 Å². The number of hydrogen-bond donors (Lipinski definition) is 1. The number of benzene rings is 1. The molecule has 0 saturated carbocycles. The molecule has 5 nitrogen and oxygen atoms in total. The fraction of sp³-hybridized carbons (Fsp3) is 0.600. The molecule has 0 fully saturated rings. The molecule has 0 heterocycles. The van der Waals surface area contributed by atoms with Crippen LogP contribution in [0, 0.1) is 0 Å². The van der Waals surface area contributed by atoms with Crippen LogP contribution in [-0.4, -0.2) is 47.2 Å². The maximum absolute atomic E-state index is 5.89. The van der Waals surface area contributed by atoms with Gasteiger partial charge < -0.3 is 24.3 Å². The lowest BCUT2D eigenvalue weighted by Crippen LogP contribution is -2.21. The lowest BCUT2D eigenvalue weighted by atomic mass is 10.2. The minimum atomic E-state index is 0.00567. The van der Waals surface area contributed by atoms with Crippen molar-refractivity contribution in [2.24, 2.45) is 0 Å². The molecule has 1 rings (SSSR count). The van der Waals surface area contributed by atoms with Gasteiger partial charge in [-0.2, -0.15) is 0 Å². The van der Waals surface area contributed by atoms with Gasteiger partial charge in [-0.05, 0) is 25.1 Å². The Morgan fingerprint density at radius 3 is 2.60 bits per heavy atom. The Labute approximate surface area is 121 Å². The van der Waals surface area contributed by atoms with Gasteiger partial charge in [-0.25, -0.2) is 0 Å². The summed E-state index contributed by atoms with van der Waals surface area (Å²) in [6, 6.07) is 5.81. The van der Waals surface area contributed by atoms with Crippen molar-refractivity contribution in [3.63, 3.8) is 0 Å². The van der Waals surface area contributed by atoms with Crippen LogP contribution in [-0.2, 0) is 16.0 Å². The van der Waals surface area contributed by atoms with E-state index in [-0.39, 0.29) is 6.10 Å². The quantitative estimate of drug-likeness (QED) is 0.664. The van der Waals surface area contributed by atoms with Crippen molar-refractivity contribution in [2.75, 3.05) is 41.1 Å². The van der Waals surface area contributed by atoms with E-state index < -0.39 is 0 Å². The summed E-state index contributed by atoms with van der Waals surface area (Å²) in [6.07, 6.45) is 0.00567. The number of hydrogen-bond acceptors (Lipinski definition) is 5. The Morgan fingerprint density at radius 1 is 1.15 bits per heavy atom. The van der Waals surface area contributed by atoms with Crippen LogP contribution >= 0.6 is 0 Å². The van der Waals surface area contributed by atoms with Gasteiger partial charge in [0.25, 0.3) is 0 Å². The van der Waals surface area contributed by atoms with Gasteiger partial charge in [-0.3, -0.25) is 0 Å². The van der Waals surface area contributed by atoms with Gasteiger partial charge in [0.1, 0.15) is 17.6 Å². The summed E-state index contributed by atoms with van der Waals surface area (Å²) < 4.78 is 21.3. The second-order valence-corrected chi connectivity index (χ2v) is 4.53. The van der Waals surface area contributed by atoms with Crippen molar-refractivity contribution in [1.29, 1.82) is 0 Å². The van der Waals surface area contributed by atoms with Crippen LogP contribution in [0.4, 0.5) is 0 Å². The van der Waals surface area contributed by atoms with E-state index in [0.717, 1.165) is 23.6 Å². The normalized spacial score (nSPS) is 12.2. The second kappa shape index (κ2) is 9.58. The lowest BCUT2D eigenvalue weighted by molar-refractivity contribution is 0.0912.